The molecule has 2 rings (SSSR count). The lowest BCUT2D eigenvalue weighted by molar-refractivity contribution is -0.907. The van der Waals surface area contributed by atoms with Crippen LogP contribution in [0.2, 0.25) is 0 Å². The number of hydrogen-bond donors (Lipinski definition) is 2. The molecule has 0 saturated carbocycles. The summed E-state index contributed by atoms with van der Waals surface area (Å²) in [7, 11) is 0. The number of nitrogens with one attached hydrogen (secondary N) is 2. The summed E-state index contributed by atoms with van der Waals surface area (Å²) in [6, 6.07) is 4.80. The van der Waals surface area contributed by atoms with E-state index in [-0.39, 0.29) is 23.8 Å². The van der Waals surface area contributed by atoms with Gasteiger partial charge in [-0.05, 0) is 38.5 Å². The van der Waals surface area contributed by atoms with Crippen LogP contribution in [0.1, 0.15) is 19.4 Å². The van der Waals surface area contributed by atoms with E-state index in [0.717, 1.165) is 18.7 Å². The number of amides is 1. The molecule has 1 aromatic carbocycles. The third-order valence-electron chi connectivity index (χ3n) is 3.43. The van der Waals surface area contributed by atoms with Gasteiger partial charge in [0.1, 0.15) is 31.1 Å². The number of halogens is 1. The summed E-state index contributed by atoms with van der Waals surface area (Å²) in [5.74, 6) is -0.555. The van der Waals surface area contributed by atoms with E-state index in [4.69, 9.17) is 4.74 Å². The minimum atomic E-state index is -0.392. The van der Waals surface area contributed by atoms with Crippen LogP contribution < -0.4 is 10.2 Å². The van der Waals surface area contributed by atoms with E-state index in [1.165, 1.54) is 11.0 Å². The van der Waals surface area contributed by atoms with Gasteiger partial charge >= 0.3 is 0 Å². The minimum absolute atomic E-state index is 0.151. The number of anilines is 1. The largest absolute Gasteiger partial charge is 0.364 e. The third kappa shape index (κ3) is 4.02. The summed E-state index contributed by atoms with van der Waals surface area (Å²) in [4.78, 5) is 13.2. The third-order valence-corrected chi connectivity index (χ3v) is 3.43. The van der Waals surface area contributed by atoms with Crippen LogP contribution in [0.5, 0.6) is 0 Å². The molecule has 1 heterocycles. The van der Waals surface area contributed by atoms with E-state index in [0.29, 0.717) is 6.54 Å². The molecule has 1 unspecified atom stereocenters. The maximum absolute atomic E-state index is 13.7. The van der Waals surface area contributed by atoms with Crippen molar-refractivity contribution in [2.45, 2.75) is 33.0 Å². The lowest BCUT2D eigenvalue weighted by Crippen LogP contribution is -3.16. The Morgan fingerprint density at radius 1 is 1.40 bits per heavy atom. The number of benzene rings is 1. The first-order valence-electron chi connectivity index (χ1n) is 6.99. The van der Waals surface area contributed by atoms with E-state index in [1.807, 2.05) is 20.8 Å². The number of ether oxygens (including phenoxy) is 1. The van der Waals surface area contributed by atoms with Gasteiger partial charge in [-0.25, -0.2) is 4.39 Å². The SMILES string of the molecule is Cc1ccc(NC(=O)C[NH+]2C[C@@H](C)O[C@@H](C)C2)c(F)c1. The zero-order chi connectivity index (χ0) is 14.7. The van der Waals surface area contributed by atoms with Crippen molar-refractivity contribution in [2.75, 3.05) is 25.0 Å². The smallest absolute Gasteiger partial charge is 0.279 e. The molecule has 110 valence electrons. The van der Waals surface area contributed by atoms with Gasteiger partial charge in [0.25, 0.3) is 5.91 Å². The average Bonchev–Trinajstić information content (AvgIpc) is 2.31. The normalized spacial score (nSPS) is 26.3. The highest BCUT2D eigenvalue weighted by atomic mass is 19.1. The van der Waals surface area contributed by atoms with Crippen LogP contribution in [-0.2, 0) is 9.53 Å². The zero-order valence-corrected chi connectivity index (χ0v) is 12.2. The number of rotatable bonds is 3. The molecule has 1 aliphatic rings. The number of carbonyl (C=O) groups excluding carboxylic acids is 1. The molecule has 4 nitrogen and oxygen atoms in total. The Morgan fingerprint density at radius 2 is 2.05 bits per heavy atom. The molecule has 1 fully saturated rings. The molecule has 1 aromatic rings. The van der Waals surface area contributed by atoms with Gasteiger partial charge in [0.15, 0.2) is 6.54 Å². The van der Waals surface area contributed by atoms with Crippen molar-refractivity contribution < 1.29 is 18.8 Å². The first kappa shape index (κ1) is 14.9. The number of quaternary nitrogens is 1. The first-order valence-corrected chi connectivity index (χ1v) is 6.99. The Kier molecular flexibility index (Phi) is 4.73. The Balaban J connectivity index is 1.92. The van der Waals surface area contributed by atoms with Gasteiger partial charge in [0.05, 0.1) is 5.69 Å². The number of hydrogen-bond acceptors (Lipinski definition) is 2. The number of carbonyl (C=O) groups is 1. The van der Waals surface area contributed by atoms with Gasteiger partial charge in [-0.15, -0.1) is 0 Å². The van der Waals surface area contributed by atoms with Crippen LogP contribution >= 0.6 is 0 Å². The van der Waals surface area contributed by atoms with E-state index >= 15 is 0 Å². The van der Waals surface area contributed by atoms with Crippen molar-refractivity contribution in [3.63, 3.8) is 0 Å². The summed E-state index contributed by atoms with van der Waals surface area (Å²) in [5.41, 5.74) is 1.08. The second kappa shape index (κ2) is 6.33. The summed E-state index contributed by atoms with van der Waals surface area (Å²) in [5, 5.41) is 2.64. The molecule has 20 heavy (non-hydrogen) atoms. The first-order chi connectivity index (χ1) is 9.44. The zero-order valence-electron chi connectivity index (χ0n) is 12.2. The van der Waals surface area contributed by atoms with E-state index in [1.54, 1.807) is 12.1 Å². The molecule has 3 atom stereocenters. The van der Waals surface area contributed by atoms with Crippen LogP contribution in [-0.4, -0.2) is 37.7 Å². The van der Waals surface area contributed by atoms with E-state index in [9.17, 15) is 9.18 Å². The van der Waals surface area contributed by atoms with Crippen molar-refractivity contribution in [1.82, 2.24) is 0 Å². The molecule has 1 saturated heterocycles. The standard InChI is InChI=1S/C15H21FN2O2/c1-10-4-5-14(13(16)6-10)17-15(19)9-18-7-11(2)20-12(3)8-18/h4-6,11-12H,7-9H2,1-3H3,(H,17,19)/p+1/t11-,12+. The van der Waals surface area contributed by atoms with Crippen LogP contribution in [0.15, 0.2) is 18.2 Å². The lowest BCUT2D eigenvalue weighted by atomic mass is 10.2. The summed E-state index contributed by atoms with van der Waals surface area (Å²) in [6.07, 6.45) is 0.301. The highest BCUT2D eigenvalue weighted by Gasteiger charge is 2.27. The van der Waals surface area contributed by atoms with Crippen molar-refractivity contribution in [3.05, 3.63) is 29.6 Å². The summed E-state index contributed by atoms with van der Waals surface area (Å²) in [6.45, 7) is 7.77. The Labute approximate surface area is 118 Å². The van der Waals surface area contributed by atoms with Crippen LogP contribution in [0, 0.1) is 12.7 Å². The van der Waals surface area contributed by atoms with Gasteiger partial charge in [0.2, 0.25) is 0 Å². The monoisotopic (exact) mass is 281 g/mol. The fourth-order valence-electron chi connectivity index (χ4n) is 2.68. The van der Waals surface area contributed by atoms with Gasteiger partial charge in [-0.1, -0.05) is 6.07 Å². The molecule has 5 heteroatoms. The predicted octanol–water partition coefficient (Wildman–Crippen LogP) is 0.765. The Hall–Kier alpha value is -1.46. The van der Waals surface area contributed by atoms with Crippen molar-refractivity contribution in [1.29, 1.82) is 0 Å². The molecule has 0 spiro atoms. The van der Waals surface area contributed by atoms with Crippen LogP contribution in [0.25, 0.3) is 0 Å². The predicted molar refractivity (Wildman–Crippen MR) is 75.3 cm³/mol. The second-order valence-electron chi connectivity index (χ2n) is 5.62. The molecule has 2 N–H and O–H groups in total. The van der Waals surface area contributed by atoms with Crippen molar-refractivity contribution >= 4 is 11.6 Å². The molecular formula is C15H22FN2O2+. The van der Waals surface area contributed by atoms with Crippen molar-refractivity contribution in [2.24, 2.45) is 0 Å². The number of aryl methyl sites for hydroxylation is 1. The lowest BCUT2D eigenvalue weighted by Gasteiger charge is -2.31. The molecular weight excluding hydrogens is 259 g/mol. The van der Waals surface area contributed by atoms with Crippen LogP contribution in [0.4, 0.5) is 10.1 Å². The Morgan fingerprint density at radius 3 is 2.65 bits per heavy atom. The molecule has 0 bridgehead atoms. The van der Waals surface area contributed by atoms with Crippen molar-refractivity contribution in [3.8, 4) is 0 Å². The maximum Gasteiger partial charge on any atom is 0.279 e. The molecule has 0 aliphatic carbocycles. The summed E-state index contributed by atoms with van der Waals surface area (Å²) < 4.78 is 19.3. The van der Waals surface area contributed by atoms with Gasteiger partial charge in [-0.3, -0.25) is 4.79 Å². The minimum Gasteiger partial charge on any atom is -0.364 e. The highest BCUT2D eigenvalue weighted by molar-refractivity contribution is 5.91. The Bertz CT molecular complexity index is 483. The summed E-state index contributed by atoms with van der Waals surface area (Å²) >= 11 is 0. The highest BCUT2D eigenvalue weighted by Crippen LogP contribution is 2.14. The maximum atomic E-state index is 13.7. The second-order valence-corrected chi connectivity index (χ2v) is 5.62. The molecule has 0 aromatic heterocycles. The van der Waals surface area contributed by atoms with E-state index in [2.05, 4.69) is 5.32 Å². The van der Waals surface area contributed by atoms with Gasteiger partial charge in [0, 0.05) is 0 Å². The quantitative estimate of drug-likeness (QED) is 0.859. The molecule has 0 radical (unpaired) electrons. The van der Waals surface area contributed by atoms with Gasteiger partial charge in [-0.2, -0.15) is 0 Å². The topological polar surface area (TPSA) is 42.8 Å². The fraction of sp³-hybridized carbons (Fsp3) is 0.533. The van der Waals surface area contributed by atoms with Crippen LogP contribution in [0.3, 0.4) is 0 Å². The average molecular weight is 281 g/mol. The molecule has 1 amide bonds. The van der Waals surface area contributed by atoms with E-state index < -0.39 is 5.82 Å². The van der Waals surface area contributed by atoms with Gasteiger partial charge < -0.3 is 15.0 Å². The molecule has 1 aliphatic heterocycles. The number of morpholine rings is 1. The fourth-order valence-corrected chi connectivity index (χ4v) is 2.68.